The zero-order chi connectivity index (χ0) is 19.2. The van der Waals surface area contributed by atoms with E-state index in [1.807, 2.05) is 30.3 Å². The Morgan fingerprint density at radius 1 is 1.11 bits per heavy atom. The molecule has 0 saturated heterocycles. The second kappa shape index (κ2) is 8.35. The number of likely N-dealkylation sites (N-methyl/N-ethyl adjacent to an activating group) is 1. The van der Waals surface area contributed by atoms with Crippen molar-refractivity contribution in [3.8, 4) is 11.5 Å². The number of hydrogen-bond acceptors (Lipinski definition) is 5. The van der Waals surface area contributed by atoms with Crippen molar-refractivity contribution in [3.05, 3.63) is 65.0 Å². The smallest absolute Gasteiger partial charge is 0.244 e. The summed E-state index contributed by atoms with van der Waals surface area (Å²) in [6.07, 6.45) is 1.24. The summed E-state index contributed by atoms with van der Waals surface area (Å²) in [5, 5.41) is 4.63. The average molecular weight is 367 g/mol. The lowest BCUT2D eigenvalue weighted by molar-refractivity contribution is -0.131. The molecule has 1 aromatic heterocycles. The van der Waals surface area contributed by atoms with Crippen LogP contribution in [0.3, 0.4) is 0 Å². The highest BCUT2D eigenvalue weighted by molar-refractivity contribution is 5.81. The maximum atomic E-state index is 12.5. The van der Waals surface area contributed by atoms with Crippen molar-refractivity contribution < 1.29 is 14.3 Å². The molecule has 0 unspecified atom stereocenters. The number of carbonyl (C=O) groups excluding carboxylic acids is 1. The molecule has 1 amide bonds. The highest BCUT2D eigenvalue weighted by atomic mass is 16.5. The van der Waals surface area contributed by atoms with Gasteiger partial charge in [-0.15, -0.1) is 0 Å². The third-order valence-electron chi connectivity index (χ3n) is 4.23. The van der Waals surface area contributed by atoms with Gasteiger partial charge < -0.3 is 14.4 Å². The van der Waals surface area contributed by atoms with Crippen molar-refractivity contribution in [1.29, 1.82) is 0 Å². The third kappa shape index (κ3) is 4.25. The van der Waals surface area contributed by atoms with E-state index in [1.165, 1.54) is 10.9 Å². The molecule has 0 atom stereocenters. The summed E-state index contributed by atoms with van der Waals surface area (Å²) in [7, 11) is 3.29. The Morgan fingerprint density at radius 2 is 1.81 bits per heavy atom. The number of amides is 1. The summed E-state index contributed by atoms with van der Waals surface area (Å²) in [5.41, 5.74) is 0.477. The molecule has 27 heavy (non-hydrogen) atoms. The average Bonchev–Trinajstić information content (AvgIpc) is 2.70. The van der Waals surface area contributed by atoms with Crippen molar-refractivity contribution >= 4 is 16.8 Å². The van der Waals surface area contributed by atoms with Crippen LogP contribution in [0.4, 0.5) is 0 Å². The highest BCUT2D eigenvalue weighted by Crippen LogP contribution is 2.25. The zero-order valence-electron chi connectivity index (χ0n) is 15.3. The zero-order valence-corrected chi connectivity index (χ0v) is 15.3. The Labute approximate surface area is 156 Å². The van der Waals surface area contributed by atoms with Gasteiger partial charge in [-0.3, -0.25) is 14.3 Å². The van der Waals surface area contributed by atoms with Gasteiger partial charge >= 0.3 is 0 Å². The quantitative estimate of drug-likeness (QED) is 0.638. The molecule has 2 aromatic carbocycles. The number of ether oxygens (including phenoxy) is 2. The van der Waals surface area contributed by atoms with Gasteiger partial charge in [-0.1, -0.05) is 24.3 Å². The standard InChI is InChI=1S/C20H21N3O4/c1-22(11-12-27-19-10-6-5-9-18(19)26-2)20(25)14-23-16-8-4-3-7-15(16)17(24)13-21-23/h3-10,13H,11-12,14H2,1-2H3. The summed E-state index contributed by atoms with van der Waals surface area (Å²) in [5.74, 6) is 1.16. The van der Waals surface area contributed by atoms with Crippen LogP contribution in [0.2, 0.25) is 0 Å². The van der Waals surface area contributed by atoms with Crippen LogP contribution in [-0.4, -0.2) is 47.9 Å². The van der Waals surface area contributed by atoms with Crippen molar-refractivity contribution in [1.82, 2.24) is 14.7 Å². The number of para-hydroxylation sites is 3. The first-order valence-electron chi connectivity index (χ1n) is 8.55. The fraction of sp³-hybridized carbons (Fsp3) is 0.250. The molecule has 3 aromatic rings. The molecule has 1 heterocycles. The highest BCUT2D eigenvalue weighted by Gasteiger charge is 2.13. The lowest BCUT2D eigenvalue weighted by Gasteiger charge is -2.19. The number of methoxy groups -OCH3 is 1. The Hall–Kier alpha value is -3.35. The molecule has 0 aliphatic heterocycles. The Balaban J connectivity index is 1.62. The van der Waals surface area contributed by atoms with E-state index in [4.69, 9.17) is 9.47 Å². The Morgan fingerprint density at radius 3 is 2.59 bits per heavy atom. The molecular formula is C20H21N3O4. The number of rotatable bonds is 7. The first kappa shape index (κ1) is 18.4. The molecule has 0 radical (unpaired) electrons. The number of fused-ring (bicyclic) bond motifs is 1. The SMILES string of the molecule is COc1ccccc1OCCN(C)C(=O)Cn1ncc(=O)c2ccccc21. The predicted molar refractivity (Wildman–Crippen MR) is 102 cm³/mol. The molecule has 3 rings (SSSR count). The number of hydrogen-bond donors (Lipinski definition) is 0. The lowest BCUT2D eigenvalue weighted by atomic mass is 10.2. The van der Waals surface area contributed by atoms with E-state index in [0.717, 1.165) is 0 Å². The third-order valence-corrected chi connectivity index (χ3v) is 4.23. The second-order valence-electron chi connectivity index (χ2n) is 6.00. The first-order valence-corrected chi connectivity index (χ1v) is 8.55. The number of carbonyl (C=O) groups is 1. The first-order chi connectivity index (χ1) is 13.1. The Bertz CT molecular complexity index is 1000. The van der Waals surface area contributed by atoms with Gasteiger partial charge in [0.05, 0.1) is 25.4 Å². The van der Waals surface area contributed by atoms with E-state index in [2.05, 4.69) is 5.10 Å². The van der Waals surface area contributed by atoms with Crippen LogP contribution < -0.4 is 14.9 Å². The van der Waals surface area contributed by atoms with Crippen molar-refractivity contribution in [3.63, 3.8) is 0 Å². The summed E-state index contributed by atoms with van der Waals surface area (Å²) >= 11 is 0. The summed E-state index contributed by atoms with van der Waals surface area (Å²) in [6, 6.07) is 14.5. The minimum absolute atomic E-state index is 0.0476. The van der Waals surface area contributed by atoms with E-state index in [9.17, 15) is 9.59 Å². The molecule has 0 N–H and O–H groups in total. The van der Waals surface area contributed by atoms with Crippen LogP contribution in [-0.2, 0) is 11.3 Å². The van der Waals surface area contributed by atoms with Gasteiger partial charge in [0.2, 0.25) is 11.3 Å². The second-order valence-corrected chi connectivity index (χ2v) is 6.00. The number of nitrogens with zero attached hydrogens (tertiary/aromatic N) is 3. The molecule has 7 heteroatoms. The maximum absolute atomic E-state index is 12.5. The van der Waals surface area contributed by atoms with Crippen molar-refractivity contribution in [2.75, 3.05) is 27.3 Å². The monoisotopic (exact) mass is 367 g/mol. The van der Waals surface area contributed by atoms with E-state index < -0.39 is 0 Å². The number of benzene rings is 2. The normalized spacial score (nSPS) is 10.6. The minimum Gasteiger partial charge on any atom is -0.493 e. The van der Waals surface area contributed by atoms with E-state index >= 15 is 0 Å². The summed E-state index contributed by atoms with van der Waals surface area (Å²) < 4.78 is 12.5. The van der Waals surface area contributed by atoms with Gasteiger partial charge in [0.15, 0.2) is 11.5 Å². The maximum Gasteiger partial charge on any atom is 0.244 e. The van der Waals surface area contributed by atoms with Gasteiger partial charge in [0.1, 0.15) is 13.2 Å². The van der Waals surface area contributed by atoms with Gasteiger partial charge in [-0.05, 0) is 24.3 Å². The molecule has 0 spiro atoms. The minimum atomic E-state index is -0.159. The van der Waals surface area contributed by atoms with Gasteiger partial charge in [0.25, 0.3) is 0 Å². The van der Waals surface area contributed by atoms with Gasteiger partial charge in [0, 0.05) is 12.4 Å². The molecule has 0 aliphatic rings. The van der Waals surface area contributed by atoms with Gasteiger partial charge in [-0.2, -0.15) is 5.10 Å². The molecular weight excluding hydrogens is 346 g/mol. The molecule has 140 valence electrons. The molecule has 0 saturated carbocycles. The van der Waals surface area contributed by atoms with Crippen LogP contribution in [0.15, 0.2) is 59.5 Å². The molecule has 7 nitrogen and oxygen atoms in total. The summed E-state index contributed by atoms with van der Waals surface area (Å²) in [4.78, 5) is 26.0. The fourth-order valence-corrected chi connectivity index (χ4v) is 2.69. The summed E-state index contributed by atoms with van der Waals surface area (Å²) in [6.45, 7) is 0.794. The number of aromatic nitrogens is 2. The Kier molecular flexibility index (Phi) is 5.71. The van der Waals surface area contributed by atoms with Crippen LogP contribution in [0.1, 0.15) is 0 Å². The van der Waals surface area contributed by atoms with Crippen LogP contribution in [0.5, 0.6) is 11.5 Å². The van der Waals surface area contributed by atoms with Crippen molar-refractivity contribution in [2.24, 2.45) is 0 Å². The largest absolute Gasteiger partial charge is 0.493 e. The topological polar surface area (TPSA) is 73.7 Å². The van der Waals surface area contributed by atoms with E-state index in [0.29, 0.717) is 35.6 Å². The molecule has 0 aliphatic carbocycles. The fourth-order valence-electron chi connectivity index (χ4n) is 2.69. The predicted octanol–water partition coefficient (Wildman–Crippen LogP) is 1.94. The van der Waals surface area contributed by atoms with E-state index in [-0.39, 0.29) is 17.9 Å². The van der Waals surface area contributed by atoms with Crippen LogP contribution >= 0.6 is 0 Å². The van der Waals surface area contributed by atoms with Crippen LogP contribution in [0, 0.1) is 0 Å². The van der Waals surface area contributed by atoms with Crippen LogP contribution in [0.25, 0.3) is 10.9 Å². The molecule has 0 bridgehead atoms. The van der Waals surface area contributed by atoms with Crippen molar-refractivity contribution in [2.45, 2.75) is 6.54 Å². The lowest BCUT2D eigenvalue weighted by Crippen LogP contribution is -2.34. The molecule has 0 fully saturated rings. The van der Waals surface area contributed by atoms with Gasteiger partial charge in [-0.25, -0.2) is 0 Å². The van der Waals surface area contributed by atoms with E-state index in [1.54, 1.807) is 37.3 Å².